The second-order valence-corrected chi connectivity index (χ2v) is 4.10. The first-order valence-electron chi connectivity index (χ1n) is 3.96. The third kappa shape index (κ3) is 0.948. The van der Waals surface area contributed by atoms with Crippen molar-refractivity contribution in [2.24, 2.45) is 17.8 Å². The molecule has 11 heavy (non-hydrogen) atoms. The van der Waals surface area contributed by atoms with E-state index in [0.29, 0.717) is 12.8 Å². The molecule has 0 spiro atoms. The lowest BCUT2D eigenvalue weighted by Crippen LogP contribution is -2.23. The lowest BCUT2D eigenvalue weighted by Gasteiger charge is -2.18. The summed E-state index contributed by atoms with van der Waals surface area (Å²) in [6.45, 7) is 1.79. The molecule has 2 fully saturated rings. The van der Waals surface area contributed by atoms with Gasteiger partial charge in [0, 0.05) is 0 Å². The molecule has 3 heteroatoms. The van der Waals surface area contributed by atoms with Crippen molar-refractivity contribution < 1.29 is 15.0 Å². The highest BCUT2D eigenvalue weighted by molar-refractivity contribution is 5.74. The number of fused-ring (bicyclic) bond motifs is 1. The highest BCUT2D eigenvalue weighted by Gasteiger charge is 2.62. The van der Waals surface area contributed by atoms with Crippen molar-refractivity contribution in [3.05, 3.63) is 0 Å². The van der Waals surface area contributed by atoms with Gasteiger partial charge < -0.3 is 10.2 Å². The second-order valence-electron chi connectivity index (χ2n) is 4.10. The zero-order chi connectivity index (χ0) is 8.22. The first kappa shape index (κ1) is 7.10. The van der Waals surface area contributed by atoms with E-state index in [1.165, 1.54) is 0 Å². The zero-order valence-electron chi connectivity index (χ0n) is 6.45. The lowest BCUT2D eigenvalue weighted by molar-refractivity contribution is -0.139. The molecule has 0 aromatic heterocycles. The summed E-state index contributed by atoms with van der Waals surface area (Å²) in [5.74, 6) is -0.296. The average Bonchev–Trinajstić information content (AvgIpc) is 2.31. The molecule has 62 valence electrons. The SMILES string of the molecule is CC1(O)CC2C(C(=O)O)[C@H]2C1. The van der Waals surface area contributed by atoms with Gasteiger partial charge in [0.1, 0.15) is 0 Å². The van der Waals surface area contributed by atoms with Crippen LogP contribution in [0.25, 0.3) is 0 Å². The molecule has 0 aromatic carbocycles. The maximum Gasteiger partial charge on any atom is 0.307 e. The number of carboxylic acids is 1. The third-order valence-corrected chi connectivity index (χ3v) is 2.97. The fourth-order valence-electron chi connectivity index (χ4n) is 2.47. The number of aliphatic carboxylic acids is 1. The standard InChI is InChI=1S/C8H12O3/c1-8(11)2-4-5(3-8)6(4)7(9)10/h4-6,11H,2-3H2,1H3,(H,9,10)/t4-,5?,6?,8?/m0/s1. The first-order valence-corrected chi connectivity index (χ1v) is 3.96. The van der Waals surface area contributed by atoms with Crippen LogP contribution in [0.15, 0.2) is 0 Å². The van der Waals surface area contributed by atoms with Gasteiger partial charge >= 0.3 is 5.97 Å². The summed E-state index contributed by atoms with van der Waals surface area (Å²) in [4.78, 5) is 10.5. The van der Waals surface area contributed by atoms with Crippen LogP contribution < -0.4 is 0 Å². The Balaban J connectivity index is 2.01. The van der Waals surface area contributed by atoms with Crippen LogP contribution >= 0.6 is 0 Å². The normalized spacial score (nSPS) is 53.8. The van der Waals surface area contributed by atoms with E-state index >= 15 is 0 Å². The van der Waals surface area contributed by atoms with E-state index in [9.17, 15) is 9.90 Å². The Hall–Kier alpha value is -0.570. The van der Waals surface area contributed by atoms with E-state index in [1.807, 2.05) is 0 Å². The molecule has 2 aliphatic carbocycles. The van der Waals surface area contributed by atoms with Gasteiger partial charge in [-0.25, -0.2) is 0 Å². The first-order chi connectivity index (χ1) is 5.01. The molecule has 0 aliphatic heterocycles. The van der Waals surface area contributed by atoms with E-state index in [2.05, 4.69) is 0 Å². The molecule has 3 unspecified atom stereocenters. The van der Waals surface area contributed by atoms with Crippen LogP contribution in [-0.2, 0) is 4.79 Å². The van der Waals surface area contributed by atoms with Crippen LogP contribution in [0.4, 0.5) is 0 Å². The maximum absolute atomic E-state index is 10.5. The van der Waals surface area contributed by atoms with E-state index in [0.717, 1.165) is 0 Å². The van der Waals surface area contributed by atoms with Crippen LogP contribution in [0.3, 0.4) is 0 Å². The lowest BCUT2D eigenvalue weighted by atomic mass is 9.97. The van der Waals surface area contributed by atoms with E-state index in [4.69, 9.17) is 5.11 Å². The van der Waals surface area contributed by atoms with Gasteiger partial charge in [0.25, 0.3) is 0 Å². The molecule has 0 saturated heterocycles. The fourth-order valence-corrected chi connectivity index (χ4v) is 2.47. The topological polar surface area (TPSA) is 57.5 Å². The zero-order valence-corrected chi connectivity index (χ0v) is 6.45. The minimum atomic E-state index is -0.685. The predicted molar refractivity (Wildman–Crippen MR) is 38.0 cm³/mol. The predicted octanol–water partition coefficient (Wildman–Crippen LogP) is 0.478. The highest BCUT2D eigenvalue weighted by Crippen LogP contribution is 2.60. The number of aliphatic hydroxyl groups is 1. The summed E-state index contributed by atoms with van der Waals surface area (Å²) >= 11 is 0. The number of rotatable bonds is 1. The molecule has 0 bridgehead atoms. The quantitative estimate of drug-likeness (QED) is 0.580. The monoisotopic (exact) mass is 156 g/mol. The van der Waals surface area contributed by atoms with Crippen molar-refractivity contribution in [3.8, 4) is 0 Å². The Morgan fingerprint density at radius 3 is 2.27 bits per heavy atom. The Bertz CT molecular complexity index is 195. The van der Waals surface area contributed by atoms with Gasteiger partial charge in [-0.15, -0.1) is 0 Å². The summed E-state index contributed by atoms with van der Waals surface area (Å²) in [5.41, 5.74) is -0.582. The molecule has 0 amide bonds. The summed E-state index contributed by atoms with van der Waals surface area (Å²) < 4.78 is 0. The number of hydrogen-bond donors (Lipinski definition) is 2. The molecule has 2 saturated carbocycles. The summed E-state index contributed by atoms with van der Waals surface area (Å²) in [6.07, 6.45) is 1.35. The van der Waals surface area contributed by atoms with Gasteiger partial charge in [-0.05, 0) is 31.6 Å². The smallest absolute Gasteiger partial charge is 0.307 e. The van der Waals surface area contributed by atoms with E-state index < -0.39 is 11.6 Å². The summed E-state index contributed by atoms with van der Waals surface area (Å²) in [6, 6.07) is 0. The van der Waals surface area contributed by atoms with Crippen molar-refractivity contribution in [3.63, 3.8) is 0 Å². The highest BCUT2D eigenvalue weighted by atomic mass is 16.4. The molecule has 0 aromatic rings. The number of hydrogen-bond acceptors (Lipinski definition) is 2. The third-order valence-electron chi connectivity index (χ3n) is 2.97. The van der Waals surface area contributed by atoms with Gasteiger partial charge in [-0.1, -0.05) is 0 Å². The molecule has 2 aliphatic rings. The van der Waals surface area contributed by atoms with Crippen LogP contribution in [0.1, 0.15) is 19.8 Å². The molecule has 4 atom stereocenters. The molecule has 2 N–H and O–H groups in total. The van der Waals surface area contributed by atoms with Crippen molar-refractivity contribution in [1.29, 1.82) is 0 Å². The van der Waals surface area contributed by atoms with Crippen LogP contribution in [0.5, 0.6) is 0 Å². The number of carbonyl (C=O) groups is 1. The Labute approximate surface area is 65.0 Å². The van der Waals surface area contributed by atoms with Crippen LogP contribution in [-0.4, -0.2) is 21.8 Å². The van der Waals surface area contributed by atoms with Crippen LogP contribution in [0.2, 0.25) is 0 Å². The molecule has 3 nitrogen and oxygen atoms in total. The summed E-state index contributed by atoms with van der Waals surface area (Å²) in [7, 11) is 0. The minimum absolute atomic E-state index is 0.143. The molecular formula is C8H12O3. The molecule has 0 heterocycles. The molecule has 0 radical (unpaired) electrons. The second kappa shape index (κ2) is 1.78. The molecular weight excluding hydrogens is 144 g/mol. The van der Waals surface area contributed by atoms with E-state index in [-0.39, 0.29) is 17.8 Å². The Kier molecular flexibility index (Phi) is 1.15. The summed E-state index contributed by atoms with van der Waals surface area (Å²) in [5, 5.41) is 18.1. The van der Waals surface area contributed by atoms with Crippen molar-refractivity contribution in [2.75, 3.05) is 0 Å². The van der Waals surface area contributed by atoms with Gasteiger partial charge in [0.2, 0.25) is 0 Å². The van der Waals surface area contributed by atoms with Crippen LogP contribution in [0, 0.1) is 17.8 Å². The van der Waals surface area contributed by atoms with Crippen molar-refractivity contribution in [2.45, 2.75) is 25.4 Å². The molecule has 2 rings (SSSR count). The number of carboxylic acid groups (broad SMARTS) is 1. The average molecular weight is 156 g/mol. The van der Waals surface area contributed by atoms with Gasteiger partial charge in [-0.3, -0.25) is 4.79 Å². The van der Waals surface area contributed by atoms with E-state index in [1.54, 1.807) is 6.92 Å². The fraction of sp³-hybridized carbons (Fsp3) is 0.875. The Morgan fingerprint density at radius 2 is 1.91 bits per heavy atom. The van der Waals surface area contributed by atoms with Gasteiger partial charge in [-0.2, -0.15) is 0 Å². The largest absolute Gasteiger partial charge is 0.481 e. The Morgan fingerprint density at radius 1 is 1.45 bits per heavy atom. The maximum atomic E-state index is 10.5. The van der Waals surface area contributed by atoms with Crippen molar-refractivity contribution in [1.82, 2.24) is 0 Å². The van der Waals surface area contributed by atoms with Gasteiger partial charge in [0.15, 0.2) is 0 Å². The minimum Gasteiger partial charge on any atom is -0.481 e. The van der Waals surface area contributed by atoms with Gasteiger partial charge in [0.05, 0.1) is 11.5 Å². The van der Waals surface area contributed by atoms with Crippen molar-refractivity contribution >= 4 is 5.97 Å².